The molecule has 10 nitrogen and oxygen atoms in total. The number of ether oxygens (including phenoxy) is 4. The molecule has 2 aromatic rings. The highest BCUT2D eigenvalue weighted by atomic mass is 32.1. The van der Waals surface area contributed by atoms with Gasteiger partial charge < -0.3 is 29.2 Å². The zero-order chi connectivity index (χ0) is 22.7. The molecule has 3 amide bonds. The Morgan fingerprint density at radius 2 is 1.91 bits per heavy atom. The lowest BCUT2D eigenvalue weighted by Gasteiger charge is -2.26. The molecule has 1 aromatic heterocycles. The molecule has 1 atom stereocenters. The summed E-state index contributed by atoms with van der Waals surface area (Å²) in [6, 6.07) is 3.11. The van der Waals surface area contributed by atoms with Crippen LogP contribution in [-0.4, -0.2) is 62.4 Å². The molecular formula is C21H26N4O6S. The molecule has 2 aliphatic heterocycles. The van der Waals surface area contributed by atoms with Gasteiger partial charge in [0, 0.05) is 36.6 Å². The van der Waals surface area contributed by atoms with Crippen LogP contribution in [0, 0.1) is 0 Å². The van der Waals surface area contributed by atoms with Crippen LogP contribution >= 0.6 is 11.3 Å². The third-order valence-corrected chi connectivity index (χ3v) is 6.38. The molecule has 1 saturated heterocycles. The highest BCUT2D eigenvalue weighted by Crippen LogP contribution is 2.40. The van der Waals surface area contributed by atoms with Crippen LogP contribution in [0.4, 0.5) is 15.6 Å². The summed E-state index contributed by atoms with van der Waals surface area (Å²) in [6.45, 7) is 1.55. The van der Waals surface area contributed by atoms with Gasteiger partial charge in [0.15, 0.2) is 16.6 Å². The molecule has 0 aliphatic carbocycles. The summed E-state index contributed by atoms with van der Waals surface area (Å²) in [6.07, 6.45) is 1.83. The summed E-state index contributed by atoms with van der Waals surface area (Å²) in [5, 5.41) is 6.28. The van der Waals surface area contributed by atoms with E-state index in [1.54, 1.807) is 17.0 Å². The molecule has 2 aliphatic rings. The second kappa shape index (κ2) is 9.61. The molecule has 0 saturated carbocycles. The maximum absolute atomic E-state index is 12.9. The van der Waals surface area contributed by atoms with Gasteiger partial charge in [0.25, 0.3) is 5.91 Å². The maximum atomic E-state index is 12.9. The number of aromatic nitrogens is 1. The van der Waals surface area contributed by atoms with Crippen LogP contribution in [0.15, 0.2) is 12.1 Å². The van der Waals surface area contributed by atoms with Crippen molar-refractivity contribution in [3.8, 4) is 17.2 Å². The lowest BCUT2D eigenvalue weighted by atomic mass is 10.2. The number of carbonyl (C=O) groups is 2. The van der Waals surface area contributed by atoms with Gasteiger partial charge in [0.2, 0.25) is 5.75 Å². The summed E-state index contributed by atoms with van der Waals surface area (Å²) in [4.78, 5) is 32.4. The van der Waals surface area contributed by atoms with E-state index in [1.807, 2.05) is 0 Å². The van der Waals surface area contributed by atoms with E-state index < -0.39 is 6.10 Å². The normalized spacial score (nSPS) is 17.5. The average molecular weight is 463 g/mol. The van der Waals surface area contributed by atoms with E-state index in [-0.39, 0.29) is 11.9 Å². The van der Waals surface area contributed by atoms with E-state index >= 15 is 0 Å². The molecule has 0 radical (unpaired) electrons. The first-order chi connectivity index (χ1) is 15.5. The number of rotatable bonds is 6. The molecule has 11 heteroatoms. The van der Waals surface area contributed by atoms with Gasteiger partial charge in [-0.3, -0.25) is 10.1 Å². The third kappa shape index (κ3) is 4.58. The van der Waals surface area contributed by atoms with Gasteiger partial charge in [0.05, 0.1) is 39.3 Å². The Morgan fingerprint density at radius 3 is 2.53 bits per heavy atom. The second-order valence-corrected chi connectivity index (χ2v) is 8.48. The van der Waals surface area contributed by atoms with Crippen molar-refractivity contribution in [3.63, 3.8) is 0 Å². The van der Waals surface area contributed by atoms with Gasteiger partial charge in [-0.15, -0.1) is 0 Å². The number of nitrogens with one attached hydrogen (secondary N) is 2. The lowest BCUT2D eigenvalue weighted by Crippen LogP contribution is -2.38. The molecular weight excluding hydrogens is 436 g/mol. The van der Waals surface area contributed by atoms with Gasteiger partial charge >= 0.3 is 6.03 Å². The number of methoxy groups -OCH3 is 3. The fourth-order valence-corrected chi connectivity index (χ4v) is 4.78. The maximum Gasteiger partial charge on any atom is 0.322 e. The van der Waals surface area contributed by atoms with Crippen molar-refractivity contribution in [2.45, 2.75) is 31.9 Å². The molecule has 172 valence electrons. The number of nitrogens with zero attached hydrogens (tertiary/aromatic N) is 2. The summed E-state index contributed by atoms with van der Waals surface area (Å²) in [7, 11) is 4.57. The number of hydrogen-bond donors (Lipinski definition) is 2. The first-order valence-corrected chi connectivity index (χ1v) is 11.1. The molecule has 2 N–H and O–H groups in total. The summed E-state index contributed by atoms with van der Waals surface area (Å²) in [5.74, 6) is 1.21. The highest BCUT2D eigenvalue weighted by molar-refractivity contribution is 7.15. The fraction of sp³-hybridized carbons (Fsp3) is 0.476. The van der Waals surface area contributed by atoms with Crippen LogP contribution in [0.5, 0.6) is 17.2 Å². The SMILES string of the molecule is COc1cc(NC(=O)N2CCc3nc(NC(=O)C4CCCO4)sc3C2)cc(OC)c1OC. The predicted molar refractivity (Wildman–Crippen MR) is 119 cm³/mol. The zero-order valence-corrected chi connectivity index (χ0v) is 19.0. The Balaban J connectivity index is 1.42. The fourth-order valence-electron chi connectivity index (χ4n) is 3.75. The van der Waals surface area contributed by atoms with E-state index in [4.69, 9.17) is 18.9 Å². The number of benzene rings is 1. The Kier molecular flexibility index (Phi) is 6.66. The van der Waals surface area contributed by atoms with E-state index in [2.05, 4.69) is 15.6 Å². The van der Waals surface area contributed by atoms with Gasteiger partial charge in [-0.05, 0) is 12.8 Å². The summed E-state index contributed by atoms with van der Waals surface area (Å²) >= 11 is 1.39. The summed E-state index contributed by atoms with van der Waals surface area (Å²) < 4.78 is 21.4. The molecule has 0 bridgehead atoms. The Morgan fingerprint density at radius 1 is 1.16 bits per heavy atom. The third-order valence-electron chi connectivity index (χ3n) is 5.39. The number of fused-ring (bicyclic) bond motifs is 1. The smallest absolute Gasteiger partial charge is 0.322 e. The predicted octanol–water partition coefficient (Wildman–Crippen LogP) is 2.88. The summed E-state index contributed by atoms with van der Waals surface area (Å²) in [5.41, 5.74) is 1.44. The first-order valence-electron chi connectivity index (χ1n) is 10.3. The molecule has 32 heavy (non-hydrogen) atoms. The van der Waals surface area contributed by atoms with Crippen LogP contribution in [0.25, 0.3) is 0 Å². The monoisotopic (exact) mass is 462 g/mol. The Labute approximate surface area is 189 Å². The Bertz CT molecular complexity index is 979. The van der Waals surface area contributed by atoms with Crippen LogP contribution in [0.2, 0.25) is 0 Å². The van der Waals surface area contributed by atoms with Crippen LogP contribution in [-0.2, 0) is 22.5 Å². The highest BCUT2D eigenvalue weighted by Gasteiger charge is 2.28. The molecule has 1 unspecified atom stereocenters. The van der Waals surface area contributed by atoms with E-state index in [0.29, 0.717) is 54.2 Å². The minimum atomic E-state index is -0.406. The number of thiazole rings is 1. The van der Waals surface area contributed by atoms with Gasteiger partial charge in [-0.1, -0.05) is 11.3 Å². The van der Waals surface area contributed by atoms with Crippen molar-refractivity contribution in [2.24, 2.45) is 0 Å². The van der Waals surface area contributed by atoms with Crippen molar-refractivity contribution < 1.29 is 28.5 Å². The van der Waals surface area contributed by atoms with Gasteiger partial charge in [0.1, 0.15) is 6.10 Å². The van der Waals surface area contributed by atoms with Crippen LogP contribution in [0.1, 0.15) is 23.4 Å². The molecule has 0 spiro atoms. The van der Waals surface area contributed by atoms with Crippen LogP contribution < -0.4 is 24.8 Å². The zero-order valence-electron chi connectivity index (χ0n) is 18.2. The quantitative estimate of drug-likeness (QED) is 0.679. The number of anilines is 2. The van der Waals surface area contributed by atoms with Crippen molar-refractivity contribution in [3.05, 3.63) is 22.7 Å². The number of amides is 3. The van der Waals surface area contributed by atoms with E-state index in [0.717, 1.165) is 23.4 Å². The minimum Gasteiger partial charge on any atom is -0.493 e. The molecule has 1 aromatic carbocycles. The standard InChI is InChI=1S/C21H26N4O6S/c1-28-15-9-12(10-16(29-2)18(15)30-3)22-21(27)25-7-6-13-17(11-25)32-20(23-13)24-19(26)14-5-4-8-31-14/h9-10,14H,4-8,11H2,1-3H3,(H,22,27)(H,23,24,26). The molecule has 1 fully saturated rings. The number of hydrogen-bond acceptors (Lipinski definition) is 8. The Hall–Kier alpha value is -3.05. The second-order valence-electron chi connectivity index (χ2n) is 7.40. The van der Waals surface area contributed by atoms with Crippen molar-refractivity contribution in [1.82, 2.24) is 9.88 Å². The van der Waals surface area contributed by atoms with Gasteiger partial charge in [-0.25, -0.2) is 9.78 Å². The van der Waals surface area contributed by atoms with Crippen molar-refractivity contribution in [2.75, 3.05) is 45.1 Å². The lowest BCUT2D eigenvalue weighted by molar-refractivity contribution is -0.124. The van der Waals surface area contributed by atoms with Crippen LogP contribution in [0.3, 0.4) is 0 Å². The average Bonchev–Trinajstić information content (AvgIpc) is 3.47. The van der Waals surface area contributed by atoms with Crippen molar-refractivity contribution >= 4 is 34.1 Å². The largest absolute Gasteiger partial charge is 0.493 e. The number of carbonyl (C=O) groups excluding carboxylic acids is 2. The number of urea groups is 1. The van der Waals surface area contributed by atoms with E-state index in [1.165, 1.54) is 32.7 Å². The minimum absolute atomic E-state index is 0.161. The molecule has 4 rings (SSSR count). The van der Waals surface area contributed by atoms with Crippen molar-refractivity contribution in [1.29, 1.82) is 0 Å². The van der Waals surface area contributed by atoms with Gasteiger partial charge in [-0.2, -0.15) is 0 Å². The van der Waals surface area contributed by atoms with E-state index in [9.17, 15) is 9.59 Å². The topological polar surface area (TPSA) is 111 Å². The first kappa shape index (κ1) is 22.2. The molecule has 3 heterocycles.